The van der Waals surface area contributed by atoms with Crippen molar-refractivity contribution in [3.8, 4) is 0 Å². The minimum atomic E-state index is 0.253. The van der Waals surface area contributed by atoms with E-state index in [1.54, 1.807) is 0 Å². The molecular weight excluding hydrogens is 322 g/mol. The first-order chi connectivity index (χ1) is 6.74. The molecule has 0 aromatic heterocycles. The van der Waals surface area contributed by atoms with Crippen LogP contribution >= 0.6 is 8.92 Å². The van der Waals surface area contributed by atoms with Gasteiger partial charge in [-0.25, -0.2) is 0 Å². The fourth-order valence-corrected chi connectivity index (χ4v) is 0.0929. The molecule has 0 heterocycles. The summed E-state index contributed by atoms with van der Waals surface area (Å²) in [5.41, 5.74) is 0. The molecule has 0 aliphatic heterocycles. The first kappa shape index (κ1) is 23.2. The first-order valence-corrected chi connectivity index (χ1v) is 6.17. The molecule has 0 amide bonds. The fourth-order valence-electron chi connectivity index (χ4n) is 0.0929. The second kappa shape index (κ2) is 56.3. The Kier molecular flexibility index (Phi) is 93.5. The van der Waals surface area contributed by atoms with E-state index in [4.69, 9.17) is 33.5 Å². The number of carbonyl (C=O) groups excluding carboxylic acids is 1. The molecule has 0 radical (unpaired) electrons. The van der Waals surface area contributed by atoms with Crippen molar-refractivity contribution < 1.29 is 29.3 Å². The number of hydrogen-bond donors (Lipinski definition) is 2. The predicted octanol–water partition coefficient (Wildman–Crippen LogP) is -0.212. The van der Waals surface area contributed by atoms with Gasteiger partial charge in [-0.1, -0.05) is 32.1 Å². The van der Waals surface area contributed by atoms with E-state index in [0.717, 1.165) is 21.4 Å². The zero-order chi connectivity index (χ0) is 12.2. The van der Waals surface area contributed by atoms with Gasteiger partial charge in [0.15, 0.2) is 0 Å². The number of ether oxygens (including phenoxy) is 1. The Morgan fingerprint density at radius 2 is 1.57 bits per heavy atom. The first-order valence-electron chi connectivity index (χ1n) is 2.56. The Bertz CT molecular complexity index is 107. The van der Waals surface area contributed by atoms with Crippen LogP contribution in [0.1, 0.15) is 0 Å². The summed E-state index contributed by atoms with van der Waals surface area (Å²) in [6.07, 6.45) is 1.48. The van der Waals surface area contributed by atoms with Gasteiger partial charge in [0.2, 0.25) is 0 Å². The molecule has 0 unspecified atom stereocenters. The zero-order valence-electron chi connectivity index (χ0n) is 6.90. The molecule has 2 N–H and O–H groups in total. The Morgan fingerprint density at radius 1 is 1.29 bits per heavy atom. The summed E-state index contributed by atoms with van der Waals surface area (Å²) >= 11 is 1.02. The molecule has 0 bridgehead atoms. The van der Waals surface area contributed by atoms with Crippen LogP contribution in [-0.2, 0) is 19.1 Å². The third-order valence-corrected chi connectivity index (χ3v) is 0.260. The quantitative estimate of drug-likeness (QED) is 0.322. The zero-order valence-corrected chi connectivity index (χ0v) is 10.5. The van der Waals surface area contributed by atoms with E-state index < -0.39 is 0 Å². The molecule has 8 heteroatoms. The number of hydrogen-bond acceptors (Lipinski definition) is 4. The molecule has 6 nitrogen and oxygen atoms in total. The van der Waals surface area contributed by atoms with Gasteiger partial charge in [0.05, 0.1) is 6.61 Å². The summed E-state index contributed by atoms with van der Waals surface area (Å²) < 4.78 is 4.06. The number of rotatable bonds is 3. The van der Waals surface area contributed by atoms with E-state index in [2.05, 4.69) is 11.3 Å². The normalized spacial score (nSPS) is 5.07. The summed E-state index contributed by atoms with van der Waals surface area (Å²) in [5.74, 6) is 0. The van der Waals surface area contributed by atoms with Crippen molar-refractivity contribution in [2.45, 2.75) is 0 Å². The van der Waals surface area contributed by atoms with Crippen LogP contribution in [0, 0.1) is 0 Å². The van der Waals surface area contributed by atoms with Crippen molar-refractivity contribution in [3.63, 3.8) is 0 Å². The van der Waals surface area contributed by atoms with Crippen molar-refractivity contribution in [2.75, 3.05) is 6.61 Å². The summed E-state index contributed by atoms with van der Waals surface area (Å²) in [6.45, 7) is 5.80. The minimum absolute atomic E-state index is 0.253. The van der Waals surface area contributed by atoms with Gasteiger partial charge < -0.3 is 29.3 Å². The van der Waals surface area contributed by atoms with Crippen LogP contribution in [0.3, 0.4) is 0 Å². The van der Waals surface area contributed by atoms with Gasteiger partial charge in [-0.2, -0.15) is 0 Å². The van der Waals surface area contributed by atoms with E-state index in [0.29, 0.717) is 12.9 Å². The molecule has 0 saturated carbocycles. The second-order valence-electron chi connectivity index (χ2n) is 0.866. The third-order valence-electron chi connectivity index (χ3n) is 0.260. The van der Waals surface area contributed by atoms with Gasteiger partial charge in [0, 0.05) is 0 Å². The van der Waals surface area contributed by atoms with Crippen molar-refractivity contribution in [1.82, 2.24) is 0 Å². The van der Waals surface area contributed by atoms with Gasteiger partial charge in [-0.05, 0) is 0 Å². The van der Waals surface area contributed by atoms with Crippen molar-refractivity contribution in [1.29, 1.82) is 0 Å². The van der Waals surface area contributed by atoms with Gasteiger partial charge in [-0.15, -0.1) is 0 Å². The van der Waals surface area contributed by atoms with Gasteiger partial charge in [0.25, 0.3) is 0 Å². The van der Waals surface area contributed by atoms with Crippen LogP contribution in [0.4, 0.5) is 0 Å². The molecule has 0 fully saturated rings. The van der Waals surface area contributed by atoms with Crippen molar-refractivity contribution >= 4 is 49.7 Å². The molecule has 0 saturated heterocycles. The molecule has 0 spiro atoms. The molecule has 78 valence electrons. The van der Waals surface area contributed by atoms with Crippen LogP contribution in [0.25, 0.3) is 0 Å². The summed E-state index contributed by atoms with van der Waals surface area (Å²) in [4.78, 5) is 25.6. The SMILES string of the molecule is C=CCO[C-]=O.O=[C-]O.O=[C-]O.[Cl][Sn+3]. The molecule has 14 heavy (non-hydrogen) atoms. The van der Waals surface area contributed by atoms with Crippen molar-refractivity contribution in [2.24, 2.45) is 0 Å². The molecular formula is C6H7ClO6Sn. The number of aliphatic hydroxyl groups excluding tert-OH is 2. The average Bonchev–Trinajstić information content (AvgIpc) is 2.20. The summed E-state index contributed by atoms with van der Waals surface area (Å²) in [6, 6.07) is 0. The Morgan fingerprint density at radius 3 is 1.64 bits per heavy atom. The molecule has 0 aliphatic carbocycles. The second-order valence-corrected chi connectivity index (χ2v) is 0.866. The summed E-state index contributed by atoms with van der Waals surface area (Å²) in [5, 5.41) is 13.5. The Balaban J connectivity index is -0.0000000536. The Labute approximate surface area is 98.3 Å². The van der Waals surface area contributed by atoms with Crippen LogP contribution in [0.2, 0.25) is 0 Å². The molecule has 0 aromatic carbocycles. The van der Waals surface area contributed by atoms with Crippen LogP contribution in [0.5, 0.6) is 0 Å². The maximum absolute atomic E-state index is 9.17. The molecule has 0 aliphatic rings. The fraction of sp³-hybridized carbons (Fsp3) is 0.167. The summed E-state index contributed by atoms with van der Waals surface area (Å²) in [7, 11) is 4.73. The van der Waals surface area contributed by atoms with E-state index in [1.165, 1.54) is 12.5 Å². The molecule has 0 rings (SSSR count). The maximum atomic E-state index is 9.17. The molecule has 0 aromatic rings. The standard InChI is InChI=1S/C4H5O2.2CHO2.ClH.Sn/c1-2-3-6-4-5;2*2-1-3;;/h2H,1,3H2;2*(H,2,3);1H;/q3*-1;;+4/p-1. The predicted molar refractivity (Wildman–Crippen MR) is 50.1 cm³/mol. The van der Waals surface area contributed by atoms with Gasteiger partial charge in [0.1, 0.15) is 0 Å². The van der Waals surface area contributed by atoms with Crippen LogP contribution in [0.15, 0.2) is 12.7 Å². The van der Waals surface area contributed by atoms with Crippen LogP contribution in [-0.4, -0.2) is 57.6 Å². The van der Waals surface area contributed by atoms with E-state index >= 15 is 0 Å². The Hall–Kier alpha value is -0.761. The third kappa shape index (κ3) is 235. The van der Waals surface area contributed by atoms with Crippen molar-refractivity contribution in [3.05, 3.63) is 12.7 Å². The van der Waals surface area contributed by atoms with Crippen LogP contribution < -0.4 is 0 Å². The molecule has 0 atom stereocenters. The number of halogens is 1. The van der Waals surface area contributed by atoms with Gasteiger partial charge >= 0.3 is 30.3 Å². The van der Waals surface area contributed by atoms with Gasteiger partial charge in [-0.3, -0.25) is 0 Å². The monoisotopic (exact) mass is 330 g/mol. The topological polar surface area (TPSA) is 101 Å². The van der Waals surface area contributed by atoms with E-state index in [9.17, 15) is 0 Å². The van der Waals surface area contributed by atoms with E-state index in [-0.39, 0.29) is 6.61 Å². The van der Waals surface area contributed by atoms with E-state index in [1.807, 2.05) is 0 Å². The average molecular weight is 329 g/mol.